The average Bonchev–Trinajstić information content (AvgIpc) is 3.01. The van der Waals surface area contributed by atoms with E-state index in [1.165, 1.54) is 6.20 Å². The summed E-state index contributed by atoms with van der Waals surface area (Å²) in [4.78, 5) is 12.1. The van der Waals surface area contributed by atoms with Crippen molar-refractivity contribution in [2.24, 2.45) is 0 Å². The normalized spacial score (nSPS) is 17.9. The number of halogens is 1. The van der Waals surface area contributed by atoms with Gasteiger partial charge in [-0.3, -0.25) is 4.79 Å². The number of nitriles is 1. The number of nitrogens with one attached hydrogen (secondary N) is 2. The molecule has 22 heavy (non-hydrogen) atoms. The third kappa shape index (κ3) is 4.23. The van der Waals surface area contributed by atoms with E-state index < -0.39 is 5.91 Å². The van der Waals surface area contributed by atoms with Crippen LogP contribution < -0.4 is 10.6 Å². The van der Waals surface area contributed by atoms with Gasteiger partial charge in [0.1, 0.15) is 11.6 Å². The fourth-order valence-electron chi connectivity index (χ4n) is 2.18. The zero-order valence-corrected chi connectivity index (χ0v) is 13.1. The first-order valence-electron chi connectivity index (χ1n) is 7.13. The molecule has 1 atom stereocenters. The van der Waals surface area contributed by atoms with Gasteiger partial charge in [0, 0.05) is 30.1 Å². The number of hydrogen-bond acceptors (Lipinski definition) is 4. The highest BCUT2D eigenvalue weighted by Crippen LogP contribution is 2.23. The van der Waals surface area contributed by atoms with E-state index in [1.54, 1.807) is 18.2 Å². The molecule has 0 saturated carbocycles. The molecule has 1 aliphatic rings. The highest BCUT2D eigenvalue weighted by atomic mass is 35.5. The Hall–Kier alpha value is -2.03. The van der Waals surface area contributed by atoms with Gasteiger partial charge in [0.25, 0.3) is 5.91 Å². The smallest absolute Gasteiger partial charge is 0.267 e. The molecule has 1 unspecified atom stereocenters. The third-order valence-electron chi connectivity index (χ3n) is 3.50. The topological polar surface area (TPSA) is 74.2 Å². The lowest BCUT2D eigenvalue weighted by molar-refractivity contribution is -0.112. The molecular formula is C16H18ClN3O2. The van der Waals surface area contributed by atoms with Crippen LogP contribution in [0.5, 0.6) is 0 Å². The van der Waals surface area contributed by atoms with Crippen molar-refractivity contribution in [3.8, 4) is 6.07 Å². The summed E-state index contributed by atoms with van der Waals surface area (Å²) < 4.78 is 5.46. The van der Waals surface area contributed by atoms with Crippen molar-refractivity contribution in [2.75, 3.05) is 18.5 Å². The van der Waals surface area contributed by atoms with Crippen LogP contribution in [0.1, 0.15) is 18.4 Å². The van der Waals surface area contributed by atoms with Gasteiger partial charge in [0.05, 0.1) is 6.10 Å². The lowest BCUT2D eigenvalue weighted by Crippen LogP contribution is -2.24. The third-order valence-corrected chi connectivity index (χ3v) is 3.91. The minimum absolute atomic E-state index is 0.0115. The fourth-order valence-corrected chi connectivity index (χ4v) is 2.35. The fraction of sp³-hybridized carbons (Fsp3) is 0.375. The van der Waals surface area contributed by atoms with Gasteiger partial charge in [-0.15, -0.1) is 0 Å². The maximum atomic E-state index is 12.1. The number of ether oxygens (including phenoxy) is 1. The van der Waals surface area contributed by atoms with Crippen molar-refractivity contribution in [1.82, 2.24) is 5.32 Å². The molecule has 1 heterocycles. The Morgan fingerprint density at radius 2 is 2.41 bits per heavy atom. The van der Waals surface area contributed by atoms with Crippen molar-refractivity contribution >= 4 is 23.2 Å². The van der Waals surface area contributed by atoms with Crippen LogP contribution in [0.2, 0.25) is 5.02 Å². The lowest BCUT2D eigenvalue weighted by atomic mass is 10.2. The summed E-state index contributed by atoms with van der Waals surface area (Å²) in [5, 5.41) is 15.4. The number of amides is 1. The molecule has 1 aromatic rings. The standard InChI is InChI=1S/C16H18ClN3O2/c1-11-14(17)5-2-6-15(11)20-16(21)12(8-18)9-19-10-13-4-3-7-22-13/h2,5-6,9,13,19H,3-4,7,10H2,1H3,(H,20,21)/b12-9-. The second-order valence-electron chi connectivity index (χ2n) is 5.08. The second kappa shape index (κ2) is 7.83. The van der Waals surface area contributed by atoms with Gasteiger partial charge < -0.3 is 15.4 Å². The van der Waals surface area contributed by atoms with E-state index in [0.717, 1.165) is 25.0 Å². The molecule has 0 radical (unpaired) electrons. The first kappa shape index (κ1) is 16.3. The maximum absolute atomic E-state index is 12.1. The Bertz CT molecular complexity index is 616. The van der Waals surface area contributed by atoms with Crippen molar-refractivity contribution in [1.29, 1.82) is 5.26 Å². The Morgan fingerprint density at radius 3 is 3.09 bits per heavy atom. The van der Waals surface area contributed by atoms with Crippen LogP contribution in [-0.2, 0) is 9.53 Å². The van der Waals surface area contributed by atoms with Gasteiger partial charge in [-0.05, 0) is 37.5 Å². The van der Waals surface area contributed by atoms with Gasteiger partial charge in [-0.2, -0.15) is 5.26 Å². The largest absolute Gasteiger partial charge is 0.387 e. The van der Waals surface area contributed by atoms with E-state index in [4.69, 9.17) is 21.6 Å². The first-order valence-corrected chi connectivity index (χ1v) is 7.51. The van der Waals surface area contributed by atoms with Crippen LogP contribution in [0.25, 0.3) is 0 Å². The van der Waals surface area contributed by atoms with Crippen LogP contribution in [0.3, 0.4) is 0 Å². The molecule has 1 fully saturated rings. The van der Waals surface area contributed by atoms with Crippen molar-refractivity contribution in [3.05, 3.63) is 40.6 Å². The molecular weight excluding hydrogens is 302 g/mol. The van der Waals surface area contributed by atoms with Crippen LogP contribution in [-0.4, -0.2) is 25.2 Å². The minimum atomic E-state index is -0.465. The monoisotopic (exact) mass is 319 g/mol. The molecule has 5 nitrogen and oxygen atoms in total. The van der Waals surface area contributed by atoms with Crippen LogP contribution in [0.4, 0.5) is 5.69 Å². The lowest BCUT2D eigenvalue weighted by Gasteiger charge is -2.10. The van der Waals surface area contributed by atoms with Crippen molar-refractivity contribution < 1.29 is 9.53 Å². The summed E-state index contributed by atoms with van der Waals surface area (Å²) in [5.41, 5.74) is 1.37. The molecule has 0 bridgehead atoms. The van der Waals surface area contributed by atoms with E-state index in [-0.39, 0.29) is 11.7 Å². The molecule has 0 aliphatic carbocycles. The zero-order chi connectivity index (χ0) is 15.9. The highest BCUT2D eigenvalue weighted by molar-refractivity contribution is 6.31. The summed E-state index contributed by atoms with van der Waals surface area (Å²) >= 11 is 6.01. The molecule has 2 N–H and O–H groups in total. The molecule has 1 aromatic carbocycles. The Balaban J connectivity index is 1.96. The SMILES string of the molecule is Cc1c(Cl)cccc1NC(=O)/C(C#N)=C\NCC1CCCO1. The molecule has 2 rings (SSSR count). The molecule has 0 spiro atoms. The van der Waals surface area contributed by atoms with Gasteiger partial charge in [0.15, 0.2) is 0 Å². The highest BCUT2D eigenvalue weighted by Gasteiger charge is 2.15. The molecule has 116 valence electrons. The van der Waals surface area contributed by atoms with Crippen LogP contribution >= 0.6 is 11.6 Å². The Kier molecular flexibility index (Phi) is 5.82. The number of carbonyl (C=O) groups excluding carboxylic acids is 1. The van der Waals surface area contributed by atoms with E-state index in [2.05, 4.69) is 10.6 Å². The van der Waals surface area contributed by atoms with E-state index in [0.29, 0.717) is 17.3 Å². The number of carbonyl (C=O) groups is 1. The Labute approximate surface area is 134 Å². The summed E-state index contributed by atoms with van der Waals surface area (Å²) in [6.45, 7) is 3.17. The van der Waals surface area contributed by atoms with Crippen molar-refractivity contribution in [2.45, 2.75) is 25.9 Å². The van der Waals surface area contributed by atoms with Gasteiger partial charge in [0.2, 0.25) is 0 Å². The Morgan fingerprint density at radius 1 is 1.59 bits per heavy atom. The van der Waals surface area contributed by atoms with E-state index >= 15 is 0 Å². The zero-order valence-electron chi connectivity index (χ0n) is 12.4. The van der Waals surface area contributed by atoms with E-state index in [1.807, 2.05) is 13.0 Å². The predicted octanol–water partition coefficient (Wildman–Crippen LogP) is 2.76. The van der Waals surface area contributed by atoms with Crippen molar-refractivity contribution in [3.63, 3.8) is 0 Å². The number of rotatable bonds is 5. The number of hydrogen-bond donors (Lipinski definition) is 2. The van der Waals surface area contributed by atoms with E-state index in [9.17, 15) is 4.79 Å². The molecule has 1 saturated heterocycles. The minimum Gasteiger partial charge on any atom is -0.387 e. The number of benzene rings is 1. The molecule has 6 heteroatoms. The molecule has 0 aromatic heterocycles. The van der Waals surface area contributed by atoms with Crippen LogP contribution in [0.15, 0.2) is 30.0 Å². The first-order chi connectivity index (χ1) is 10.6. The summed E-state index contributed by atoms with van der Waals surface area (Å²) in [6.07, 6.45) is 3.62. The maximum Gasteiger partial charge on any atom is 0.267 e. The van der Waals surface area contributed by atoms with Gasteiger partial charge in [-0.25, -0.2) is 0 Å². The summed E-state index contributed by atoms with van der Waals surface area (Å²) in [7, 11) is 0. The molecule has 1 amide bonds. The van der Waals surface area contributed by atoms with Gasteiger partial charge >= 0.3 is 0 Å². The van der Waals surface area contributed by atoms with Crippen LogP contribution in [0, 0.1) is 18.3 Å². The summed E-state index contributed by atoms with van der Waals surface area (Å²) in [6, 6.07) is 7.13. The van der Waals surface area contributed by atoms with Gasteiger partial charge in [-0.1, -0.05) is 17.7 Å². The second-order valence-corrected chi connectivity index (χ2v) is 5.49. The summed E-state index contributed by atoms with van der Waals surface area (Å²) in [5.74, 6) is -0.465. The number of nitrogens with zero attached hydrogens (tertiary/aromatic N) is 1. The average molecular weight is 320 g/mol. The quantitative estimate of drug-likeness (QED) is 0.646. The molecule has 1 aliphatic heterocycles. The number of anilines is 1. The predicted molar refractivity (Wildman–Crippen MR) is 85.5 cm³/mol.